The van der Waals surface area contributed by atoms with Crippen LogP contribution in [0, 0.1) is 5.92 Å². The molecule has 5 rings (SSSR count). The summed E-state index contributed by atoms with van der Waals surface area (Å²) in [6, 6.07) is 11.7. The van der Waals surface area contributed by atoms with Gasteiger partial charge in [-0.05, 0) is 69.8 Å². The average molecular weight is 469 g/mol. The monoisotopic (exact) mass is 468 g/mol. The van der Waals surface area contributed by atoms with Gasteiger partial charge in [0.1, 0.15) is 6.10 Å². The molecule has 0 aliphatic carbocycles. The first-order valence-electron chi connectivity index (χ1n) is 12.2. The van der Waals surface area contributed by atoms with Crippen molar-refractivity contribution in [3.63, 3.8) is 0 Å². The van der Waals surface area contributed by atoms with Crippen LogP contribution in [-0.4, -0.2) is 67.3 Å². The highest BCUT2D eigenvalue weighted by molar-refractivity contribution is 5.69. The van der Waals surface area contributed by atoms with Gasteiger partial charge in [-0.3, -0.25) is 0 Å². The Morgan fingerprint density at radius 1 is 1.09 bits per heavy atom. The van der Waals surface area contributed by atoms with Crippen LogP contribution in [0.3, 0.4) is 0 Å². The van der Waals surface area contributed by atoms with E-state index in [4.69, 9.17) is 14.2 Å². The number of methoxy groups -OCH3 is 1. The third-order valence-corrected chi connectivity index (χ3v) is 6.82. The molecule has 4 heterocycles. The lowest BCUT2D eigenvalue weighted by Gasteiger charge is -2.31. The van der Waals surface area contributed by atoms with Crippen LogP contribution in [0.2, 0.25) is 0 Å². The van der Waals surface area contributed by atoms with E-state index < -0.39 is 5.54 Å². The van der Waals surface area contributed by atoms with E-state index in [9.17, 15) is 4.79 Å². The predicted molar refractivity (Wildman–Crippen MR) is 130 cm³/mol. The summed E-state index contributed by atoms with van der Waals surface area (Å²) in [6.45, 7) is 8.41. The van der Waals surface area contributed by atoms with Crippen LogP contribution in [0.4, 0.5) is 4.79 Å². The van der Waals surface area contributed by atoms with E-state index >= 15 is 0 Å². The molecule has 1 atom stereocenters. The second-order valence-corrected chi connectivity index (χ2v) is 9.69. The highest BCUT2D eigenvalue weighted by Gasteiger charge is 2.34. The van der Waals surface area contributed by atoms with Crippen LogP contribution < -0.4 is 10.1 Å². The van der Waals surface area contributed by atoms with Gasteiger partial charge in [0.2, 0.25) is 5.88 Å². The molecule has 8 heteroatoms. The number of fused-ring (bicyclic) bond motifs is 4. The van der Waals surface area contributed by atoms with Crippen molar-refractivity contribution in [2.75, 3.05) is 40.0 Å². The third-order valence-electron chi connectivity index (χ3n) is 6.82. The number of piperidine rings is 1. The number of hydrogen-bond acceptors (Lipinski definition) is 7. The normalized spacial score (nSPS) is 22.1. The maximum Gasteiger partial charge on any atom is 0.408 e. The number of benzene rings is 1. The van der Waals surface area contributed by atoms with Gasteiger partial charge in [-0.25, -0.2) is 4.79 Å². The molecule has 3 fully saturated rings. The Morgan fingerprint density at radius 2 is 1.88 bits per heavy atom. The summed E-state index contributed by atoms with van der Waals surface area (Å²) in [6.07, 6.45) is 3.59. The molecule has 1 N–H and O–H groups in total. The number of nitrogens with zero attached hydrogens (tertiary/aromatic N) is 3. The van der Waals surface area contributed by atoms with Crippen molar-refractivity contribution in [2.45, 2.75) is 51.2 Å². The standard InChI is InChI=1S/C26H36N4O4/c1-26(2,27-25(31)34-23-12-15-30-13-10-19(23)11-14-30)21-7-4-6-20(18-21)22-8-9-24(29-28-22)33-17-5-16-32-3/h4,6-9,18-19,23H,5,10-17H2,1-3H3,(H,27,31). The molecule has 2 bridgehead atoms. The molecule has 0 spiro atoms. The lowest BCUT2D eigenvalue weighted by molar-refractivity contribution is 0.0514. The summed E-state index contributed by atoms with van der Waals surface area (Å²) in [5, 5.41) is 11.6. The number of hydrogen-bond donors (Lipinski definition) is 1. The lowest BCUT2D eigenvalue weighted by atomic mass is 9.92. The fourth-order valence-corrected chi connectivity index (χ4v) is 4.74. The van der Waals surface area contributed by atoms with E-state index in [2.05, 4.69) is 20.4 Å². The number of alkyl carbamates (subject to hydrolysis) is 1. The Labute approximate surface area is 202 Å². The van der Waals surface area contributed by atoms with Gasteiger partial charge >= 0.3 is 6.09 Å². The number of ether oxygens (including phenoxy) is 3. The summed E-state index contributed by atoms with van der Waals surface area (Å²) < 4.78 is 16.5. The molecule has 2 aromatic rings. The zero-order chi connectivity index (χ0) is 24.0. The van der Waals surface area contributed by atoms with Gasteiger partial charge in [-0.15, -0.1) is 10.2 Å². The van der Waals surface area contributed by atoms with Gasteiger partial charge in [0.25, 0.3) is 0 Å². The van der Waals surface area contributed by atoms with Crippen molar-refractivity contribution in [3.05, 3.63) is 42.0 Å². The summed E-state index contributed by atoms with van der Waals surface area (Å²) >= 11 is 0. The SMILES string of the molecule is COCCCOc1ccc(-c2cccc(C(C)(C)NC(=O)OC3CCN4CCC3CC4)c2)nn1. The first kappa shape index (κ1) is 24.4. The van der Waals surface area contributed by atoms with Crippen LogP contribution in [0.15, 0.2) is 36.4 Å². The Hall–Kier alpha value is -2.71. The fraction of sp³-hybridized carbons (Fsp3) is 0.577. The maximum atomic E-state index is 12.8. The Balaban J connectivity index is 1.37. The predicted octanol–water partition coefficient (Wildman–Crippen LogP) is 4.00. The number of aromatic nitrogens is 2. The first-order chi connectivity index (χ1) is 16.4. The van der Waals surface area contributed by atoms with Crippen LogP contribution >= 0.6 is 0 Å². The van der Waals surface area contributed by atoms with Crippen molar-refractivity contribution in [1.29, 1.82) is 0 Å². The molecule has 184 valence electrons. The zero-order valence-corrected chi connectivity index (χ0v) is 20.5. The van der Waals surface area contributed by atoms with E-state index in [1.807, 2.05) is 50.2 Å². The first-order valence-corrected chi connectivity index (χ1v) is 12.2. The Kier molecular flexibility index (Phi) is 8.00. The quantitative estimate of drug-likeness (QED) is 0.557. The molecule has 1 aromatic carbocycles. The maximum absolute atomic E-state index is 12.8. The number of amides is 1. The number of carbonyl (C=O) groups excluding carboxylic acids is 1. The summed E-state index contributed by atoms with van der Waals surface area (Å²) in [5.41, 5.74) is 2.04. The van der Waals surface area contributed by atoms with Crippen molar-refractivity contribution < 1.29 is 19.0 Å². The molecule has 3 aliphatic heterocycles. The Bertz CT molecular complexity index is 942. The fourth-order valence-electron chi connectivity index (χ4n) is 4.74. The van der Waals surface area contributed by atoms with Crippen molar-refractivity contribution in [2.24, 2.45) is 5.92 Å². The van der Waals surface area contributed by atoms with E-state index in [1.54, 1.807) is 7.11 Å². The van der Waals surface area contributed by atoms with E-state index in [0.717, 1.165) is 62.1 Å². The third kappa shape index (κ3) is 6.24. The minimum absolute atomic E-state index is 0.000130. The van der Waals surface area contributed by atoms with Crippen LogP contribution in [0.1, 0.15) is 45.1 Å². The second-order valence-electron chi connectivity index (χ2n) is 9.69. The Morgan fingerprint density at radius 3 is 2.62 bits per heavy atom. The summed E-state index contributed by atoms with van der Waals surface area (Å²) in [5.74, 6) is 0.964. The molecule has 1 amide bonds. The van der Waals surface area contributed by atoms with E-state index in [0.29, 0.717) is 25.0 Å². The van der Waals surface area contributed by atoms with Gasteiger partial charge < -0.3 is 24.4 Å². The van der Waals surface area contributed by atoms with Gasteiger partial charge in [-0.2, -0.15) is 0 Å². The highest BCUT2D eigenvalue weighted by atomic mass is 16.6. The second kappa shape index (κ2) is 11.1. The largest absolute Gasteiger partial charge is 0.477 e. The minimum Gasteiger partial charge on any atom is -0.477 e. The number of nitrogens with one attached hydrogen (secondary N) is 1. The molecule has 1 aromatic heterocycles. The average Bonchev–Trinajstić information content (AvgIpc) is 3.15. The smallest absolute Gasteiger partial charge is 0.408 e. The van der Waals surface area contributed by atoms with Crippen molar-refractivity contribution >= 4 is 6.09 Å². The molecule has 8 nitrogen and oxygen atoms in total. The number of carbonyl (C=O) groups is 1. The topological polar surface area (TPSA) is 85.8 Å². The molecule has 0 radical (unpaired) electrons. The number of rotatable bonds is 9. The molecular weight excluding hydrogens is 432 g/mol. The van der Waals surface area contributed by atoms with Crippen LogP contribution in [-0.2, 0) is 15.0 Å². The van der Waals surface area contributed by atoms with Gasteiger partial charge in [0, 0.05) is 38.3 Å². The molecule has 3 saturated heterocycles. The zero-order valence-electron chi connectivity index (χ0n) is 20.5. The molecular formula is C26H36N4O4. The van der Waals surface area contributed by atoms with Crippen LogP contribution in [0.5, 0.6) is 5.88 Å². The van der Waals surface area contributed by atoms with Crippen molar-refractivity contribution in [3.8, 4) is 17.1 Å². The molecule has 34 heavy (non-hydrogen) atoms. The molecule has 0 saturated carbocycles. The van der Waals surface area contributed by atoms with Gasteiger partial charge in [0.15, 0.2) is 0 Å². The highest BCUT2D eigenvalue weighted by Crippen LogP contribution is 2.30. The molecule has 3 aliphatic rings. The van der Waals surface area contributed by atoms with Crippen LogP contribution in [0.25, 0.3) is 11.3 Å². The summed E-state index contributed by atoms with van der Waals surface area (Å²) in [7, 11) is 1.67. The van der Waals surface area contributed by atoms with Gasteiger partial charge in [-0.1, -0.05) is 18.2 Å². The van der Waals surface area contributed by atoms with Crippen molar-refractivity contribution in [1.82, 2.24) is 20.4 Å². The minimum atomic E-state index is -0.600. The van der Waals surface area contributed by atoms with E-state index in [1.165, 1.54) is 0 Å². The summed E-state index contributed by atoms with van der Waals surface area (Å²) in [4.78, 5) is 15.3. The lowest BCUT2D eigenvalue weighted by Crippen LogP contribution is -2.43. The van der Waals surface area contributed by atoms with E-state index in [-0.39, 0.29) is 12.2 Å². The molecule has 1 unspecified atom stereocenters. The van der Waals surface area contributed by atoms with Gasteiger partial charge in [0.05, 0.1) is 17.8 Å².